The molecule has 2 aromatic rings. The highest BCUT2D eigenvalue weighted by molar-refractivity contribution is 5.75. The van der Waals surface area contributed by atoms with Crippen LogP contribution in [-0.2, 0) is 11.2 Å². The smallest absolute Gasteiger partial charge is 0.225 e. The van der Waals surface area contributed by atoms with Crippen LogP contribution in [0.25, 0.3) is 5.69 Å². The van der Waals surface area contributed by atoms with E-state index >= 15 is 0 Å². The molecule has 2 N–H and O–H groups in total. The number of amides is 1. The Labute approximate surface area is 142 Å². The molecule has 1 aromatic heterocycles. The minimum absolute atomic E-state index is 0.0454. The minimum Gasteiger partial charge on any atom is -0.497 e. The molecule has 0 radical (unpaired) electrons. The van der Waals surface area contributed by atoms with Crippen LogP contribution in [0.1, 0.15) is 45.3 Å². The van der Waals surface area contributed by atoms with Gasteiger partial charge in [0.25, 0.3) is 0 Å². The number of carbonyl (C=O) groups excluding carboxylic acids is 1. The molecule has 0 unspecified atom stereocenters. The second-order valence-corrected chi connectivity index (χ2v) is 7.52. The van der Waals surface area contributed by atoms with E-state index in [4.69, 9.17) is 10.5 Å². The summed E-state index contributed by atoms with van der Waals surface area (Å²) in [5.41, 5.74) is 6.45. The summed E-state index contributed by atoms with van der Waals surface area (Å²) in [5, 5.41) is 4.53. The van der Waals surface area contributed by atoms with E-state index < -0.39 is 5.91 Å². The number of aromatic nitrogens is 3. The van der Waals surface area contributed by atoms with Gasteiger partial charge in [-0.2, -0.15) is 5.10 Å². The van der Waals surface area contributed by atoms with Crippen molar-refractivity contribution in [1.29, 1.82) is 0 Å². The van der Waals surface area contributed by atoms with Crippen molar-refractivity contribution < 1.29 is 9.53 Å². The van der Waals surface area contributed by atoms with E-state index in [1.54, 1.807) is 7.11 Å². The van der Waals surface area contributed by atoms with Crippen molar-refractivity contribution in [2.75, 3.05) is 7.11 Å². The standard InChI is InChI=1S/C18H24N4O2/c1-17(2)15(18(17,3)4)16-20-14(10-13(19)23)21-22(16)11-6-8-12(24-5)9-7-11/h6-9,15H,10H2,1-5H3,(H2,19,23). The van der Waals surface area contributed by atoms with E-state index in [0.29, 0.717) is 5.82 Å². The fourth-order valence-electron chi connectivity index (χ4n) is 3.54. The lowest BCUT2D eigenvalue weighted by Gasteiger charge is -2.08. The second kappa shape index (κ2) is 5.33. The number of primary amides is 1. The van der Waals surface area contributed by atoms with Crippen LogP contribution in [0.15, 0.2) is 24.3 Å². The minimum atomic E-state index is -0.428. The van der Waals surface area contributed by atoms with Gasteiger partial charge in [-0.25, -0.2) is 9.67 Å². The third-order valence-corrected chi connectivity index (χ3v) is 5.60. The van der Waals surface area contributed by atoms with Gasteiger partial charge < -0.3 is 10.5 Å². The van der Waals surface area contributed by atoms with Gasteiger partial charge in [0, 0.05) is 5.92 Å². The molecule has 1 aliphatic rings. The Balaban J connectivity index is 2.06. The van der Waals surface area contributed by atoms with Crippen molar-refractivity contribution in [2.45, 2.75) is 40.0 Å². The average molecular weight is 328 g/mol. The Kier molecular flexibility index (Phi) is 3.66. The van der Waals surface area contributed by atoms with E-state index in [1.165, 1.54) is 0 Å². The van der Waals surface area contributed by atoms with Gasteiger partial charge >= 0.3 is 0 Å². The molecule has 3 rings (SSSR count). The third-order valence-electron chi connectivity index (χ3n) is 5.60. The summed E-state index contributed by atoms with van der Waals surface area (Å²) in [6, 6.07) is 7.65. The Morgan fingerprint density at radius 3 is 2.25 bits per heavy atom. The molecule has 1 saturated carbocycles. The molecule has 0 spiro atoms. The zero-order valence-corrected chi connectivity index (χ0v) is 14.8. The first-order valence-electron chi connectivity index (χ1n) is 8.07. The third kappa shape index (κ3) is 2.46. The highest BCUT2D eigenvalue weighted by atomic mass is 16.5. The Morgan fingerprint density at radius 1 is 1.21 bits per heavy atom. The Bertz CT molecular complexity index is 761. The average Bonchev–Trinajstić information content (AvgIpc) is 2.79. The number of ether oxygens (including phenoxy) is 1. The van der Waals surface area contributed by atoms with E-state index in [0.717, 1.165) is 17.3 Å². The molecular weight excluding hydrogens is 304 g/mol. The van der Waals surface area contributed by atoms with E-state index in [1.807, 2.05) is 28.9 Å². The number of nitrogens with two attached hydrogens (primary N) is 1. The summed E-state index contributed by atoms with van der Waals surface area (Å²) in [6.45, 7) is 8.94. The maximum atomic E-state index is 11.3. The van der Waals surface area contributed by atoms with Gasteiger partial charge in [-0.05, 0) is 35.1 Å². The normalized spacial score (nSPS) is 18.4. The van der Waals surface area contributed by atoms with Crippen LogP contribution in [0, 0.1) is 10.8 Å². The molecular formula is C18H24N4O2. The van der Waals surface area contributed by atoms with Gasteiger partial charge in [-0.3, -0.25) is 4.79 Å². The van der Waals surface area contributed by atoms with Crippen LogP contribution in [0.5, 0.6) is 5.75 Å². The Hall–Kier alpha value is -2.37. The topological polar surface area (TPSA) is 83.0 Å². The first kappa shape index (κ1) is 16.5. The summed E-state index contributed by atoms with van der Waals surface area (Å²) < 4.78 is 7.04. The number of rotatable bonds is 5. The molecule has 0 saturated heterocycles. The maximum absolute atomic E-state index is 11.3. The fraction of sp³-hybridized carbons (Fsp3) is 0.500. The number of hydrogen-bond acceptors (Lipinski definition) is 4. The van der Waals surface area contributed by atoms with Crippen LogP contribution in [0.3, 0.4) is 0 Å². The lowest BCUT2D eigenvalue weighted by atomic mass is 10.0. The van der Waals surface area contributed by atoms with Gasteiger partial charge in [0.2, 0.25) is 5.91 Å². The summed E-state index contributed by atoms with van der Waals surface area (Å²) in [7, 11) is 1.64. The lowest BCUT2D eigenvalue weighted by Crippen LogP contribution is -2.14. The van der Waals surface area contributed by atoms with Crippen molar-refractivity contribution in [3.05, 3.63) is 35.9 Å². The fourth-order valence-corrected chi connectivity index (χ4v) is 3.54. The zero-order valence-electron chi connectivity index (χ0n) is 14.8. The van der Waals surface area contributed by atoms with Gasteiger partial charge in [0.1, 0.15) is 11.6 Å². The first-order valence-corrected chi connectivity index (χ1v) is 8.07. The molecule has 0 bridgehead atoms. The van der Waals surface area contributed by atoms with E-state index in [2.05, 4.69) is 37.8 Å². The molecule has 128 valence electrons. The number of benzene rings is 1. The van der Waals surface area contributed by atoms with Gasteiger partial charge in [0.05, 0.1) is 19.2 Å². The Morgan fingerprint density at radius 2 is 1.79 bits per heavy atom. The van der Waals surface area contributed by atoms with E-state index in [-0.39, 0.29) is 23.2 Å². The van der Waals surface area contributed by atoms with Gasteiger partial charge in [-0.15, -0.1) is 0 Å². The molecule has 1 aromatic carbocycles. The number of methoxy groups -OCH3 is 1. The quantitative estimate of drug-likeness (QED) is 0.914. The maximum Gasteiger partial charge on any atom is 0.225 e. The van der Waals surface area contributed by atoms with Crippen molar-refractivity contribution in [2.24, 2.45) is 16.6 Å². The summed E-state index contributed by atoms with van der Waals surface area (Å²) >= 11 is 0. The second-order valence-electron chi connectivity index (χ2n) is 7.52. The monoisotopic (exact) mass is 328 g/mol. The highest BCUT2D eigenvalue weighted by Gasteiger charge is 2.67. The predicted molar refractivity (Wildman–Crippen MR) is 91.1 cm³/mol. The molecule has 0 atom stereocenters. The summed E-state index contributed by atoms with van der Waals surface area (Å²) in [4.78, 5) is 15.9. The predicted octanol–water partition coefficient (Wildman–Crippen LogP) is 2.45. The van der Waals surface area contributed by atoms with Crippen molar-refractivity contribution in [3.8, 4) is 11.4 Å². The highest BCUT2D eigenvalue weighted by Crippen LogP contribution is 2.73. The largest absolute Gasteiger partial charge is 0.497 e. The molecule has 1 heterocycles. The summed E-state index contributed by atoms with van der Waals surface area (Å²) in [5.74, 6) is 1.96. The van der Waals surface area contributed by atoms with Crippen LogP contribution in [0.2, 0.25) is 0 Å². The molecule has 1 fully saturated rings. The number of carbonyl (C=O) groups is 1. The number of nitrogens with zero attached hydrogens (tertiary/aromatic N) is 3. The molecule has 0 aliphatic heterocycles. The van der Waals surface area contributed by atoms with Crippen LogP contribution < -0.4 is 10.5 Å². The van der Waals surface area contributed by atoms with Gasteiger partial charge in [-0.1, -0.05) is 27.7 Å². The summed E-state index contributed by atoms with van der Waals surface area (Å²) in [6.07, 6.45) is 0.0454. The molecule has 6 heteroatoms. The zero-order chi connectivity index (χ0) is 17.7. The van der Waals surface area contributed by atoms with Crippen LogP contribution >= 0.6 is 0 Å². The lowest BCUT2D eigenvalue weighted by molar-refractivity contribution is -0.117. The van der Waals surface area contributed by atoms with Crippen molar-refractivity contribution >= 4 is 5.91 Å². The van der Waals surface area contributed by atoms with Gasteiger partial charge in [0.15, 0.2) is 5.82 Å². The van der Waals surface area contributed by atoms with Crippen molar-refractivity contribution in [1.82, 2.24) is 14.8 Å². The number of hydrogen-bond donors (Lipinski definition) is 1. The SMILES string of the molecule is COc1ccc(-n2nc(CC(N)=O)nc2C2C(C)(C)C2(C)C)cc1. The molecule has 6 nitrogen and oxygen atoms in total. The first-order chi connectivity index (χ1) is 11.2. The van der Waals surface area contributed by atoms with Crippen LogP contribution in [-0.4, -0.2) is 27.8 Å². The molecule has 1 aliphatic carbocycles. The van der Waals surface area contributed by atoms with E-state index in [9.17, 15) is 4.79 Å². The molecule has 24 heavy (non-hydrogen) atoms. The van der Waals surface area contributed by atoms with Crippen molar-refractivity contribution in [3.63, 3.8) is 0 Å². The molecule has 1 amide bonds. The van der Waals surface area contributed by atoms with Crippen LogP contribution in [0.4, 0.5) is 0 Å².